The number of amides is 1. The van der Waals surface area contributed by atoms with Gasteiger partial charge in [-0.05, 0) is 32.8 Å². The van der Waals surface area contributed by atoms with E-state index < -0.39 is 41.8 Å². The summed E-state index contributed by atoms with van der Waals surface area (Å²) >= 11 is 0. The Labute approximate surface area is 164 Å². The van der Waals surface area contributed by atoms with Crippen molar-refractivity contribution < 1.29 is 33.7 Å². The summed E-state index contributed by atoms with van der Waals surface area (Å²) in [5.74, 6) is -2.56. The molecule has 0 radical (unpaired) electrons. The molecule has 1 N–H and O–H groups in total. The maximum absolute atomic E-state index is 12.8. The summed E-state index contributed by atoms with van der Waals surface area (Å²) in [7, 11) is 1.36. The summed E-state index contributed by atoms with van der Waals surface area (Å²) in [5, 5.41) is 9.42. The predicted octanol–water partition coefficient (Wildman–Crippen LogP) is 2.80. The number of rotatable bonds is 5. The van der Waals surface area contributed by atoms with Gasteiger partial charge < -0.3 is 19.3 Å². The van der Waals surface area contributed by atoms with Crippen LogP contribution in [-0.4, -0.2) is 53.0 Å². The zero-order valence-electron chi connectivity index (χ0n) is 16.6. The second-order valence-corrected chi connectivity index (χ2v) is 7.69. The van der Waals surface area contributed by atoms with Gasteiger partial charge in [-0.2, -0.15) is 0 Å². The molecule has 1 saturated heterocycles. The number of nitrogens with zero attached hydrogens (tertiary/aromatic N) is 1. The quantitative estimate of drug-likeness (QED) is 0.767. The largest absolute Gasteiger partial charge is 0.481 e. The zero-order valence-corrected chi connectivity index (χ0v) is 16.6. The summed E-state index contributed by atoms with van der Waals surface area (Å²) in [6.07, 6.45) is -1.66. The molecule has 0 spiro atoms. The molecular formula is C20H27NO7. The Morgan fingerprint density at radius 2 is 1.79 bits per heavy atom. The van der Waals surface area contributed by atoms with E-state index in [-0.39, 0.29) is 19.4 Å². The van der Waals surface area contributed by atoms with E-state index in [1.54, 1.807) is 20.8 Å². The molecule has 0 aliphatic carbocycles. The third kappa shape index (κ3) is 5.69. The van der Waals surface area contributed by atoms with Crippen LogP contribution in [0.25, 0.3) is 0 Å². The van der Waals surface area contributed by atoms with Crippen LogP contribution in [0.2, 0.25) is 0 Å². The molecule has 8 nitrogen and oxygen atoms in total. The van der Waals surface area contributed by atoms with E-state index >= 15 is 0 Å². The number of carbonyl (C=O) groups is 3. The molecule has 8 heteroatoms. The average Bonchev–Trinajstić information content (AvgIpc) is 2.64. The fourth-order valence-electron chi connectivity index (χ4n) is 3.07. The second kappa shape index (κ2) is 9.05. The zero-order chi connectivity index (χ0) is 20.9. The number of ether oxygens (including phenoxy) is 3. The molecule has 154 valence electrons. The van der Waals surface area contributed by atoms with Crippen LogP contribution in [0, 0.1) is 5.92 Å². The standard InChI is InChI=1S/C20H27NO7/c1-20(2,3)28-18(24)15-10-14(17(22)23)11-16(26-4)21(15)19(25)27-12-13-8-6-5-7-9-13/h5-9,14-16H,10-12H2,1-4H3,(H,22,23)/t14-,15+,16?/m0/s1. The topological polar surface area (TPSA) is 102 Å². The monoisotopic (exact) mass is 393 g/mol. The van der Waals surface area contributed by atoms with Gasteiger partial charge in [-0.25, -0.2) is 9.59 Å². The third-order valence-corrected chi connectivity index (χ3v) is 4.36. The van der Waals surface area contributed by atoms with Crippen LogP contribution >= 0.6 is 0 Å². The molecule has 3 atom stereocenters. The number of carboxylic acid groups (broad SMARTS) is 1. The lowest BCUT2D eigenvalue weighted by atomic mass is 9.89. The van der Waals surface area contributed by atoms with Gasteiger partial charge in [0.1, 0.15) is 24.5 Å². The van der Waals surface area contributed by atoms with Crippen LogP contribution in [0.4, 0.5) is 4.79 Å². The highest BCUT2D eigenvalue weighted by Crippen LogP contribution is 2.31. The van der Waals surface area contributed by atoms with Gasteiger partial charge >= 0.3 is 18.0 Å². The van der Waals surface area contributed by atoms with Gasteiger partial charge in [0, 0.05) is 13.5 Å². The van der Waals surface area contributed by atoms with Crippen molar-refractivity contribution in [2.45, 2.75) is 58.1 Å². The van der Waals surface area contributed by atoms with Crippen LogP contribution in [0.3, 0.4) is 0 Å². The van der Waals surface area contributed by atoms with Crippen molar-refractivity contribution in [3.63, 3.8) is 0 Å². The lowest BCUT2D eigenvalue weighted by molar-refractivity contribution is -0.174. The summed E-state index contributed by atoms with van der Waals surface area (Å²) < 4.78 is 16.1. The first kappa shape index (κ1) is 21.7. The van der Waals surface area contributed by atoms with Gasteiger partial charge in [0.2, 0.25) is 0 Å². The first-order chi connectivity index (χ1) is 13.1. The smallest absolute Gasteiger partial charge is 0.412 e. The fourth-order valence-corrected chi connectivity index (χ4v) is 3.07. The first-order valence-corrected chi connectivity index (χ1v) is 9.10. The maximum atomic E-state index is 12.8. The molecule has 1 amide bonds. The van der Waals surface area contributed by atoms with E-state index in [0.717, 1.165) is 10.5 Å². The average molecular weight is 393 g/mol. The molecule has 1 fully saturated rings. The van der Waals surface area contributed by atoms with Crippen molar-refractivity contribution in [2.24, 2.45) is 5.92 Å². The minimum absolute atomic E-state index is 0.0238. The van der Waals surface area contributed by atoms with Crippen molar-refractivity contribution in [3.05, 3.63) is 35.9 Å². The van der Waals surface area contributed by atoms with Crippen molar-refractivity contribution in [3.8, 4) is 0 Å². The van der Waals surface area contributed by atoms with Gasteiger partial charge in [0.05, 0.1) is 5.92 Å². The molecule has 0 saturated carbocycles. The Balaban J connectivity index is 2.22. The Bertz CT molecular complexity index is 698. The van der Waals surface area contributed by atoms with Crippen LogP contribution in [-0.2, 0) is 30.4 Å². The molecule has 1 heterocycles. The highest BCUT2D eigenvalue weighted by Gasteiger charge is 2.46. The Kier molecular flexibility index (Phi) is 7.01. The summed E-state index contributed by atoms with van der Waals surface area (Å²) in [6.45, 7) is 5.13. The minimum Gasteiger partial charge on any atom is -0.481 e. The number of carbonyl (C=O) groups excluding carboxylic acids is 2. The molecule has 2 rings (SSSR count). The highest BCUT2D eigenvalue weighted by molar-refractivity contribution is 5.83. The maximum Gasteiger partial charge on any atom is 0.412 e. The number of carboxylic acids is 1. The number of aliphatic carboxylic acids is 1. The molecule has 28 heavy (non-hydrogen) atoms. The van der Waals surface area contributed by atoms with Gasteiger partial charge in [-0.15, -0.1) is 0 Å². The lowest BCUT2D eigenvalue weighted by Gasteiger charge is -2.41. The number of hydrogen-bond donors (Lipinski definition) is 1. The van der Waals surface area contributed by atoms with Crippen molar-refractivity contribution >= 4 is 18.0 Å². The fraction of sp³-hybridized carbons (Fsp3) is 0.550. The molecule has 1 unspecified atom stereocenters. The normalized spacial score (nSPS) is 22.4. The Morgan fingerprint density at radius 1 is 1.14 bits per heavy atom. The highest BCUT2D eigenvalue weighted by atomic mass is 16.6. The Morgan fingerprint density at radius 3 is 2.32 bits per heavy atom. The van der Waals surface area contributed by atoms with Gasteiger partial charge in [0.15, 0.2) is 0 Å². The van der Waals surface area contributed by atoms with Gasteiger partial charge in [-0.3, -0.25) is 9.69 Å². The second-order valence-electron chi connectivity index (χ2n) is 7.69. The van der Waals surface area contributed by atoms with Gasteiger partial charge in [0.25, 0.3) is 0 Å². The van der Waals surface area contributed by atoms with E-state index in [4.69, 9.17) is 14.2 Å². The van der Waals surface area contributed by atoms with E-state index in [1.807, 2.05) is 30.3 Å². The summed E-state index contributed by atoms with van der Waals surface area (Å²) in [6, 6.07) is 8.00. The minimum atomic E-state index is -1.11. The number of methoxy groups -OCH3 is 1. The lowest BCUT2D eigenvalue weighted by Crippen LogP contribution is -2.58. The van der Waals surface area contributed by atoms with E-state index in [9.17, 15) is 19.5 Å². The number of piperidine rings is 1. The molecular weight excluding hydrogens is 366 g/mol. The molecule has 0 bridgehead atoms. The molecule has 1 aliphatic heterocycles. The van der Waals surface area contributed by atoms with E-state index in [2.05, 4.69) is 0 Å². The summed E-state index contributed by atoms with van der Waals surface area (Å²) in [5.41, 5.74) is 0.00848. The summed E-state index contributed by atoms with van der Waals surface area (Å²) in [4.78, 5) is 38.1. The van der Waals surface area contributed by atoms with Crippen LogP contribution in [0.15, 0.2) is 30.3 Å². The Hall–Kier alpha value is -2.61. The molecule has 1 aromatic carbocycles. The van der Waals surface area contributed by atoms with Crippen molar-refractivity contribution in [1.82, 2.24) is 4.90 Å². The van der Waals surface area contributed by atoms with Crippen molar-refractivity contribution in [2.75, 3.05) is 7.11 Å². The van der Waals surface area contributed by atoms with Crippen LogP contribution in [0.1, 0.15) is 39.2 Å². The molecule has 0 aromatic heterocycles. The third-order valence-electron chi connectivity index (χ3n) is 4.36. The number of likely N-dealkylation sites (tertiary alicyclic amines) is 1. The van der Waals surface area contributed by atoms with Crippen molar-refractivity contribution in [1.29, 1.82) is 0 Å². The predicted molar refractivity (Wildman–Crippen MR) is 99.3 cm³/mol. The van der Waals surface area contributed by atoms with E-state index in [1.165, 1.54) is 7.11 Å². The van der Waals surface area contributed by atoms with Crippen LogP contribution in [0.5, 0.6) is 0 Å². The van der Waals surface area contributed by atoms with Crippen LogP contribution < -0.4 is 0 Å². The molecule has 1 aromatic rings. The first-order valence-electron chi connectivity index (χ1n) is 9.10. The van der Waals surface area contributed by atoms with Gasteiger partial charge in [-0.1, -0.05) is 30.3 Å². The van der Waals surface area contributed by atoms with E-state index in [0.29, 0.717) is 0 Å². The number of hydrogen-bond acceptors (Lipinski definition) is 6. The number of benzene rings is 1. The molecule has 1 aliphatic rings. The SMILES string of the molecule is COC1C[C@@H](C(=O)O)C[C@H](C(=O)OC(C)(C)C)N1C(=O)OCc1ccccc1. The number of esters is 1.